The van der Waals surface area contributed by atoms with Crippen LogP contribution in [-0.4, -0.2) is 53.8 Å². The third-order valence-corrected chi connectivity index (χ3v) is 3.90. The van der Waals surface area contributed by atoms with Crippen molar-refractivity contribution in [2.45, 2.75) is 39.3 Å². The van der Waals surface area contributed by atoms with E-state index in [9.17, 15) is 5.11 Å². The van der Waals surface area contributed by atoms with Crippen LogP contribution in [0.15, 0.2) is 0 Å². The Hall–Kier alpha value is -1.11. The van der Waals surface area contributed by atoms with Crippen molar-refractivity contribution in [3.8, 4) is 0 Å². The van der Waals surface area contributed by atoms with E-state index in [-0.39, 0.29) is 12.6 Å². The molecule has 0 bridgehead atoms. The molecule has 1 saturated heterocycles. The van der Waals surface area contributed by atoms with Crippen LogP contribution in [0, 0.1) is 0 Å². The second-order valence-electron chi connectivity index (χ2n) is 6.03. The molecular formula is C15H28N4O2. The summed E-state index contributed by atoms with van der Waals surface area (Å²) in [6.07, 6.45) is 0. The van der Waals surface area contributed by atoms with Gasteiger partial charge in [0.15, 0.2) is 0 Å². The number of hydrogen-bond donors (Lipinski definition) is 2. The molecule has 1 aromatic heterocycles. The Morgan fingerprint density at radius 2 is 1.95 bits per heavy atom. The predicted molar refractivity (Wildman–Crippen MR) is 83.7 cm³/mol. The van der Waals surface area contributed by atoms with Gasteiger partial charge in [-0.1, -0.05) is 13.8 Å². The Labute approximate surface area is 127 Å². The molecule has 6 heteroatoms. The van der Waals surface area contributed by atoms with E-state index in [1.165, 1.54) is 11.4 Å². The maximum absolute atomic E-state index is 9.20. The van der Waals surface area contributed by atoms with Gasteiger partial charge in [-0.05, 0) is 12.8 Å². The minimum Gasteiger partial charge on any atom is -0.395 e. The maximum atomic E-state index is 9.20. The molecule has 0 radical (unpaired) electrons. The molecule has 6 nitrogen and oxygen atoms in total. The van der Waals surface area contributed by atoms with Crippen LogP contribution >= 0.6 is 0 Å². The molecule has 0 saturated carbocycles. The van der Waals surface area contributed by atoms with E-state index in [0.29, 0.717) is 5.92 Å². The standard InChI is InChI=1S/C15H28N4O2/c1-11(2)14-13(9-16-12(3)10-20)15(18(4)17-14)19-5-7-21-8-6-19/h11-12,16,20H,5-10H2,1-4H3. The van der Waals surface area contributed by atoms with Crippen LogP contribution in [0.2, 0.25) is 0 Å². The van der Waals surface area contributed by atoms with Crippen molar-refractivity contribution in [2.75, 3.05) is 37.8 Å². The lowest BCUT2D eigenvalue weighted by atomic mass is 10.0. The number of aliphatic hydroxyl groups excluding tert-OH is 1. The molecule has 2 rings (SSSR count). The fourth-order valence-corrected chi connectivity index (χ4v) is 2.72. The molecule has 1 fully saturated rings. The first-order valence-electron chi connectivity index (χ1n) is 7.77. The molecule has 1 unspecified atom stereocenters. The number of aliphatic hydroxyl groups is 1. The maximum Gasteiger partial charge on any atom is 0.131 e. The highest BCUT2D eigenvalue weighted by atomic mass is 16.5. The number of morpholine rings is 1. The first kappa shape index (κ1) is 16.3. The quantitative estimate of drug-likeness (QED) is 0.815. The monoisotopic (exact) mass is 296 g/mol. The number of aryl methyl sites for hydroxylation is 1. The zero-order valence-electron chi connectivity index (χ0n) is 13.6. The van der Waals surface area contributed by atoms with Gasteiger partial charge in [-0.25, -0.2) is 0 Å². The van der Waals surface area contributed by atoms with Crippen LogP contribution in [0.3, 0.4) is 0 Å². The van der Waals surface area contributed by atoms with Crippen LogP contribution in [0.4, 0.5) is 5.82 Å². The SMILES string of the molecule is CC(CO)NCc1c(C(C)C)nn(C)c1N1CCOCC1. The normalized spacial score (nSPS) is 17.5. The topological polar surface area (TPSA) is 62.5 Å². The predicted octanol–water partition coefficient (Wildman–Crippen LogP) is 0.850. The van der Waals surface area contributed by atoms with Crippen LogP contribution in [0.5, 0.6) is 0 Å². The number of ether oxygens (including phenoxy) is 1. The van der Waals surface area contributed by atoms with Crippen LogP contribution in [0.25, 0.3) is 0 Å². The largest absolute Gasteiger partial charge is 0.395 e. The van der Waals surface area contributed by atoms with Gasteiger partial charge in [0.25, 0.3) is 0 Å². The summed E-state index contributed by atoms with van der Waals surface area (Å²) < 4.78 is 7.44. The molecule has 120 valence electrons. The van der Waals surface area contributed by atoms with Gasteiger partial charge in [-0.15, -0.1) is 0 Å². The minimum atomic E-state index is 0.0859. The molecule has 0 amide bonds. The summed E-state index contributed by atoms with van der Waals surface area (Å²) in [7, 11) is 2.01. The first-order valence-corrected chi connectivity index (χ1v) is 7.77. The third-order valence-electron chi connectivity index (χ3n) is 3.90. The highest BCUT2D eigenvalue weighted by Crippen LogP contribution is 2.29. The van der Waals surface area contributed by atoms with Gasteiger partial charge in [-0.2, -0.15) is 5.10 Å². The Bertz CT molecular complexity index is 453. The first-order chi connectivity index (χ1) is 10.0. The number of aromatic nitrogens is 2. The summed E-state index contributed by atoms with van der Waals surface area (Å²) >= 11 is 0. The Kier molecular flexibility index (Phi) is 5.61. The van der Waals surface area contributed by atoms with Gasteiger partial charge in [0.1, 0.15) is 5.82 Å². The van der Waals surface area contributed by atoms with E-state index in [2.05, 4.69) is 24.1 Å². The second kappa shape index (κ2) is 7.24. The molecule has 2 N–H and O–H groups in total. The highest BCUT2D eigenvalue weighted by molar-refractivity contribution is 5.51. The van der Waals surface area contributed by atoms with E-state index < -0.39 is 0 Å². The molecule has 0 aromatic carbocycles. The van der Waals surface area contributed by atoms with E-state index >= 15 is 0 Å². The number of nitrogens with zero attached hydrogens (tertiary/aromatic N) is 3. The number of anilines is 1. The Morgan fingerprint density at radius 1 is 1.29 bits per heavy atom. The lowest BCUT2D eigenvalue weighted by Crippen LogP contribution is -2.38. The van der Waals surface area contributed by atoms with Gasteiger partial charge in [0.2, 0.25) is 0 Å². The molecule has 21 heavy (non-hydrogen) atoms. The highest BCUT2D eigenvalue weighted by Gasteiger charge is 2.24. The average Bonchev–Trinajstić information content (AvgIpc) is 2.82. The molecule has 0 aliphatic carbocycles. The fourth-order valence-electron chi connectivity index (χ4n) is 2.72. The summed E-state index contributed by atoms with van der Waals surface area (Å²) in [6, 6.07) is 0.0859. The molecule has 1 aliphatic heterocycles. The third kappa shape index (κ3) is 3.75. The van der Waals surface area contributed by atoms with Crippen molar-refractivity contribution in [1.82, 2.24) is 15.1 Å². The Balaban J connectivity index is 2.28. The van der Waals surface area contributed by atoms with Crippen molar-refractivity contribution in [1.29, 1.82) is 0 Å². The molecule has 1 aromatic rings. The zero-order chi connectivity index (χ0) is 15.4. The van der Waals surface area contributed by atoms with Crippen LogP contribution < -0.4 is 10.2 Å². The lowest BCUT2D eigenvalue weighted by Gasteiger charge is -2.30. The minimum absolute atomic E-state index is 0.0859. The van der Waals surface area contributed by atoms with Crippen molar-refractivity contribution >= 4 is 5.82 Å². The summed E-state index contributed by atoms with van der Waals surface area (Å²) in [6.45, 7) is 10.5. The number of hydrogen-bond acceptors (Lipinski definition) is 5. The lowest BCUT2D eigenvalue weighted by molar-refractivity contribution is 0.122. The van der Waals surface area contributed by atoms with Gasteiger partial charge in [-0.3, -0.25) is 4.68 Å². The van der Waals surface area contributed by atoms with E-state index in [1.54, 1.807) is 0 Å². The molecule has 1 aliphatic rings. The van der Waals surface area contributed by atoms with Gasteiger partial charge >= 0.3 is 0 Å². The summed E-state index contributed by atoms with van der Waals surface area (Å²) in [5.41, 5.74) is 2.38. The van der Waals surface area contributed by atoms with Crippen LogP contribution in [-0.2, 0) is 18.3 Å². The second-order valence-corrected chi connectivity index (χ2v) is 6.03. The number of rotatable bonds is 6. The zero-order valence-corrected chi connectivity index (χ0v) is 13.6. The molecule has 1 atom stereocenters. The van der Waals surface area contributed by atoms with Crippen molar-refractivity contribution < 1.29 is 9.84 Å². The van der Waals surface area contributed by atoms with Gasteiger partial charge in [0.05, 0.1) is 25.5 Å². The van der Waals surface area contributed by atoms with Crippen molar-refractivity contribution in [2.24, 2.45) is 7.05 Å². The molecule has 2 heterocycles. The van der Waals surface area contributed by atoms with E-state index in [1.807, 2.05) is 18.7 Å². The summed E-state index contributed by atoms with van der Waals surface area (Å²) in [5.74, 6) is 1.56. The molecule has 0 spiro atoms. The van der Waals surface area contributed by atoms with Crippen LogP contribution in [0.1, 0.15) is 37.9 Å². The van der Waals surface area contributed by atoms with Gasteiger partial charge in [0, 0.05) is 38.3 Å². The van der Waals surface area contributed by atoms with E-state index in [0.717, 1.165) is 38.5 Å². The van der Waals surface area contributed by atoms with Crippen molar-refractivity contribution in [3.63, 3.8) is 0 Å². The Morgan fingerprint density at radius 3 is 2.52 bits per heavy atom. The smallest absolute Gasteiger partial charge is 0.131 e. The number of nitrogens with one attached hydrogen (secondary N) is 1. The van der Waals surface area contributed by atoms with Crippen molar-refractivity contribution in [3.05, 3.63) is 11.3 Å². The van der Waals surface area contributed by atoms with Gasteiger partial charge < -0.3 is 20.1 Å². The molecular weight excluding hydrogens is 268 g/mol. The fraction of sp³-hybridized carbons (Fsp3) is 0.800. The summed E-state index contributed by atoms with van der Waals surface area (Å²) in [5, 5.41) is 17.3. The average molecular weight is 296 g/mol. The summed E-state index contributed by atoms with van der Waals surface area (Å²) in [4.78, 5) is 2.35. The van der Waals surface area contributed by atoms with E-state index in [4.69, 9.17) is 9.84 Å².